The second-order valence-electron chi connectivity index (χ2n) is 3.78. The van der Waals surface area contributed by atoms with E-state index in [0.717, 1.165) is 0 Å². The Kier molecular flexibility index (Phi) is 3.47. The van der Waals surface area contributed by atoms with Crippen molar-refractivity contribution in [2.75, 3.05) is 7.05 Å². The van der Waals surface area contributed by atoms with Crippen LogP contribution in [0.25, 0.3) is 0 Å². The lowest BCUT2D eigenvalue weighted by atomic mass is 10.1. The number of phenols is 1. The smallest absolute Gasteiger partial charge is 0.123 e. The molecule has 0 aliphatic rings. The summed E-state index contributed by atoms with van der Waals surface area (Å²) in [5.41, 5.74) is 0.626. The normalized spacial score (nSPS) is 11.3. The molecule has 78 valence electrons. The maximum Gasteiger partial charge on any atom is 0.123 e. The third kappa shape index (κ3) is 2.70. The third-order valence-electron chi connectivity index (χ3n) is 2.34. The lowest BCUT2D eigenvalue weighted by Crippen LogP contribution is -2.25. The molecule has 0 spiro atoms. The number of halogens is 1. The molecule has 0 fully saturated rings. The van der Waals surface area contributed by atoms with Crippen molar-refractivity contribution in [3.8, 4) is 5.75 Å². The van der Waals surface area contributed by atoms with Crippen LogP contribution < -0.4 is 0 Å². The van der Waals surface area contributed by atoms with Gasteiger partial charge in [0.1, 0.15) is 11.6 Å². The Bertz CT molecular complexity index is 312. The van der Waals surface area contributed by atoms with Crippen molar-refractivity contribution in [3.05, 3.63) is 29.6 Å². The summed E-state index contributed by atoms with van der Waals surface area (Å²) in [6.45, 7) is 4.66. The molecule has 0 saturated heterocycles. The Morgan fingerprint density at radius 3 is 2.64 bits per heavy atom. The monoisotopic (exact) mass is 197 g/mol. The molecule has 0 aromatic heterocycles. The average Bonchev–Trinajstić information content (AvgIpc) is 2.11. The highest BCUT2D eigenvalue weighted by Gasteiger charge is 2.08. The van der Waals surface area contributed by atoms with Crippen molar-refractivity contribution in [2.45, 2.75) is 26.4 Å². The minimum atomic E-state index is -0.310. The van der Waals surface area contributed by atoms with Gasteiger partial charge in [-0.3, -0.25) is 4.90 Å². The molecule has 2 nitrogen and oxygen atoms in total. The van der Waals surface area contributed by atoms with E-state index in [1.54, 1.807) is 0 Å². The fourth-order valence-corrected chi connectivity index (χ4v) is 1.13. The Balaban J connectivity index is 2.80. The highest BCUT2D eigenvalue weighted by Crippen LogP contribution is 2.19. The van der Waals surface area contributed by atoms with Crippen molar-refractivity contribution in [2.24, 2.45) is 0 Å². The van der Waals surface area contributed by atoms with Gasteiger partial charge in [0.25, 0.3) is 0 Å². The highest BCUT2D eigenvalue weighted by molar-refractivity contribution is 5.32. The highest BCUT2D eigenvalue weighted by atomic mass is 19.1. The summed E-state index contributed by atoms with van der Waals surface area (Å²) >= 11 is 0. The molecule has 3 heteroatoms. The molecule has 0 saturated carbocycles. The predicted molar refractivity (Wildman–Crippen MR) is 54.7 cm³/mol. The zero-order valence-corrected chi connectivity index (χ0v) is 8.79. The van der Waals surface area contributed by atoms with Crippen LogP contribution >= 0.6 is 0 Å². The molecule has 1 rings (SSSR count). The Labute approximate surface area is 84.0 Å². The lowest BCUT2D eigenvalue weighted by Gasteiger charge is -2.21. The van der Waals surface area contributed by atoms with Gasteiger partial charge in [0.05, 0.1) is 0 Å². The van der Waals surface area contributed by atoms with Crippen LogP contribution in [0.15, 0.2) is 18.2 Å². The van der Waals surface area contributed by atoms with E-state index >= 15 is 0 Å². The van der Waals surface area contributed by atoms with E-state index in [-0.39, 0.29) is 11.6 Å². The first kappa shape index (κ1) is 11.0. The van der Waals surface area contributed by atoms with E-state index in [1.807, 2.05) is 11.9 Å². The van der Waals surface area contributed by atoms with Crippen LogP contribution in [0.1, 0.15) is 19.4 Å². The third-order valence-corrected chi connectivity index (χ3v) is 2.34. The van der Waals surface area contributed by atoms with Gasteiger partial charge in [0, 0.05) is 18.2 Å². The molecular weight excluding hydrogens is 181 g/mol. The van der Waals surface area contributed by atoms with Gasteiger partial charge in [-0.25, -0.2) is 4.39 Å². The van der Waals surface area contributed by atoms with Crippen LogP contribution in [0, 0.1) is 5.82 Å². The molecule has 1 N–H and O–H groups in total. The quantitative estimate of drug-likeness (QED) is 0.804. The number of benzene rings is 1. The number of phenolic OH excluding ortho intramolecular Hbond substituents is 1. The number of aromatic hydroxyl groups is 1. The van der Waals surface area contributed by atoms with Crippen molar-refractivity contribution in [1.82, 2.24) is 4.90 Å². The molecule has 0 unspecified atom stereocenters. The maximum absolute atomic E-state index is 12.9. The molecule has 1 aromatic rings. The molecule has 0 bridgehead atoms. The first-order valence-electron chi connectivity index (χ1n) is 4.68. The van der Waals surface area contributed by atoms with Crippen LogP contribution in [0.2, 0.25) is 0 Å². The zero-order chi connectivity index (χ0) is 10.7. The largest absolute Gasteiger partial charge is 0.508 e. The van der Waals surface area contributed by atoms with Gasteiger partial charge in [-0.1, -0.05) is 0 Å². The minimum Gasteiger partial charge on any atom is -0.508 e. The topological polar surface area (TPSA) is 23.5 Å². The Morgan fingerprint density at radius 1 is 1.43 bits per heavy atom. The fraction of sp³-hybridized carbons (Fsp3) is 0.455. The van der Waals surface area contributed by atoms with Crippen molar-refractivity contribution < 1.29 is 9.50 Å². The second kappa shape index (κ2) is 4.42. The summed E-state index contributed by atoms with van der Waals surface area (Å²) in [7, 11) is 1.94. The molecule has 1 aromatic carbocycles. The van der Waals surface area contributed by atoms with E-state index in [9.17, 15) is 9.50 Å². The number of hydrogen-bond donors (Lipinski definition) is 1. The van der Waals surface area contributed by atoms with Crippen molar-refractivity contribution in [1.29, 1.82) is 0 Å². The average molecular weight is 197 g/mol. The van der Waals surface area contributed by atoms with Crippen LogP contribution in [0.4, 0.5) is 4.39 Å². The van der Waals surface area contributed by atoms with Gasteiger partial charge in [0.15, 0.2) is 0 Å². The number of rotatable bonds is 3. The fourth-order valence-electron chi connectivity index (χ4n) is 1.13. The number of nitrogens with zero attached hydrogens (tertiary/aromatic N) is 1. The van der Waals surface area contributed by atoms with Gasteiger partial charge in [-0.05, 0) is 39.1 Å². The molecule has 0 aliphatic carbocycles. The maximum atomic E-state index is 12.9. The second-order valence-corrected chi connectivity index (χ2v) is 3.78. The van der Waals surface area contributed by atoms with Gasteiger partial charge >= 0.3 is 0 Å². The molecule has 0 heterocycles. The summed E-state index contributed by atoms with van der Waals surface area (Å²) in [5, 5.41) is 9.47. The molecule has 0 radical (unpaired) electrons. The van der Waals surface area contributed by atoms with Gasteiger partial charge < -0.3 is 5.11 Å². The molecule has 0 amide bonds. The van der Waals surface area contributed by atoms with Gasteiger partial charge in [-0.2, -0.15) is 0 Å². The molecule has 0 aliphatic heterocycles. The summed E-state index contributed by atoms with van der Waals surface area (Å²) in [5.74, 6) is -0.158. The summed E-state index contributed by atoms with van der Waals surface area (Å²) in [4.78, 5) is 2.04. The Hall–Kier alpha value is -1.09. The molecule has 0 atom stereocenters. The first-order chi connectivity index (χ1) is 6.50. The predicted octanol–water partition coefficient (Wildman–Crippen LogP) is 2.37. The molecule has 14 heavy (non-hydrogen) atoms. The van der Waals surface area contributed by atoms with Crippen molar-refractivity contribution >= 4 is 0 Å². The van der Waals surface area contributed by atoms with E-state index in [2.05, 4.69) is 13.8 Å². The zero-order valence-electron chi connectivity index (χ0n) is 8.79. The van der Waals surface area contributed by atoms with Crippen LogP contribution in [-0.2, 0) is 6.54 Å². The number of hydrogen-bond acceptors (Lipinski definition) is 2. The van der Waals surface area contributed by atoms with E-state index in [0.29, 0.717) is 18.2 Å². The summed E-state index contributed by atoms with van der Waals surface area (Å²) in [6, 6.07) is 4.39. The van der Waals surface area contributed by atoms with E-state index in [1.165, 1.54) is 18.2 Å². The SMILES string of the molecule is CC(C)N(C)Cc1cc(F)ccc1O. The van der Waals surface area contributed by atoms with E-state index in [4.69, 9.17) is 0 Å². The van der Waals surface area contributed by atoms with Crippen molar-refractivity contribution in [3.63, 3.8) is 0 Å². The van der Waals surface area contributed by atoms with Gasteiger partial charge in [-0.15, -0.1) is 0 Å². The first-order valence-corrected chi connectivity index (χ1v) is 4.68. The van der Waals surface area contributed by atoms with E-state index < -0.39 is 0 Å². The lowest BCUT2D eigenvalue weighted by molar-refractivity contribution is 0.261. The summed E-state index contributed by atoms with van der Waals surface area (Å²) < 4.78 is 12.9. The van der Waals surface area contributed by atoms with Crippen LogP contribution in [0.3, 0.4) is 0 Å². The van der Waals surface area contributed by atoms with Gasteiger partial charge in [0.2, 0.25) is 0 Å². The standard InChI is InChI=1S/C11H16FNO/c1-8(2)13(3)7-9-6-10(12)4-5-11(9)14/h4-6,8,14H,7H2,1-3H3. The minimum absolute atomic E-state index is 0.152. The Morgan fingerprint density at radius 2 is 2.07 bits per heavy atom. The van der Waals surface area contributed by atoms with Crippen LogP contribution in [-0.4, -0.2) is 23.1 Å². The summed E-state index contributed by atoms with van der Waals surface area (Å²) in [6.07, 6.45) is 0. The molecular formula is C11H16FNO. The van der Waals surface area contributed by atoms with Crippen LogP contribution in [0.5, 0.6) is 5.75 Å².